The maximum Gasteiger partial charge on any atom is 0.271 e. The van der Waals surface area contributed by atoms with Crippen molar-refractivity contribution in [3.63, 3.8) is 0 Å². The van der Waals surface area contributed by atoms with E-state index >= 15 is 0 Å². The number of rotatable bonds is 6. The van der Waals surface area contributed by atoms with E-state index in [-0.39, 0.29) is 22.9 Å². The van der Waals surface area contributed by atoms with Gasteiger partial charge in [-0.3, -0.25) is 14.9 Å². The number of ether oxygens (including phenoxy) is 1. The zero-order valence-electron chi connectivity index (χ0n) is 17.1. The van der Waals surface area contributed by atoms with Crippen molar-refractivity contribution in [1.29, 1.82) is 5.26 Å². The highest BCUT2D eigenvalue weighted by atomic mass is 16.6. The van der Waals surface area contributed by atoms with Gasteiger partial charge < -0.3 is 4.74 Å². The molecule has 4 aromatic carbocycles. The third-order valence-corrected chi connectivity index (χ3v) is 4.82. The lowest BCUT2D eigenvalue weighted by Crippen LogP contribution is -2.17. The van der Waals surface area contributed by atoms with Crippen molar-refractivity contribution >= 4 is 28.6 Å². The Balaban J connectivity index is 1.42. The van der Waals surface area contributed by atoms with E-state index in [0.29, 0.717) is 16.9 Å². The Bertz CT molecular complexity index is 1420. The predicted octanol–water partition coefficient (Wildman–Crippen LogP) is 5.18. The Labute approximate surface area is 188 Å². The summed E-state index contributed by atoms with van der Waals surface area (Å²) in [5.74, 6) is 0.342. The minimum atomic E-state index is -0.572. The number of nitrogens with zero attached hydrogens (tertiary/aromatic N) is 3. The molecule has 0 saturated heterocycles. The number of hydrogen-bond acceptors (Lipinski definition) is 6. The van der Waals surface area contributed by atoms with E-state index in [1.807, 2.05) is 42.5 Å². The first-order chi connectivity index (χ1) is 16.0. The van der Waals surface area contributed by atoms with Gasteiger partial charge in [0.25, 0.3) is 11.6 Å². The average Bonchev–Trinajstić information content (AvgIpc) is 2.84. The Morgan fingerprint density at radius 1 is 1.03 bits per heavy atom. The van der Waals surface area contributed by atoms with Gasteiger partial charge >= 0.3 is 0 Å². The molecular formula is C25H16N4O4. The van der Waals surface area contributed by atoms with E-state index in [9.17, 15) is 20.2 Å². The van der Waals surface area contributed by atoms with Crippen LogP contribution in [0, 0.1) is 21.4 Å². The molecule has 0 aromatic heterocycles. The van der Waals surface area contributed by atoms with E-state index in [4.69, 9.17) is 4.74 Å². The van der Waals surface area contributed by atoms with Gasteiger partial charge in [0.05, 0.1) is 11.1 Å². The maximum atomic E-state index is 12.5. The van der Waals surface area contributed by atoms with Gasteiger partial charge in [0.15, 0.2) is 0 Å². The molecule has 0 bridgehead atoms. The first-order valence-electron chi connectivity index (χ1n) is 9.83. The molecule has 160 valence electrons. The van der Waals surface area contributed by atoms with Crippen molar-refractivity contribution in [2.75, 3.05) is 0 Å². The van der Waals surface area contributed by atoms with E-state index in [1.54, 1.807) is 30.3 Å². The summed E-state index contributed by atoms with van der Waals surface area (Å²) in [5, 5.41) is 25.9. The number of hydrogen-bond donors (Lipinski definition) is 1. The number of nitriles is 1. The summed E-state index contributed by atoms with van der Waals surface area (Å²) >= 11 is 0. The summed E-state index contributed by atoms with van der Waals surface area (Å²) in [6.45, 7) is 0. The molecule has 0 aliphatic rings. The molecule has 0 unspecified atom stereocenters. The van der Waals surface area contributed by atoms with Crippen LogP contribution in [0.15, 0.2) is 90.0 Å². The van der Waals surface area contributed by atoms with Gasteiger partial charge in [-0.2, -0.15) is 10.4 Å². The molecule has 0 atom stereocenters. The van der Waals surface area contributed by atoms with Crippen LogP contribution in [0.1, 0.15) is 21.5 Å². The molecule has 0 heterocycles. The van der Waals surface area contributed by atoms with Crippen LogP contribution in [0.3, 0.4) is 0 Å². The van der Waals surface area contributed by atoms with Gasteiger partial charge in [0.2, 0.25) is 0 Å². The van der Waals surface area contributed by atoms with Gasteiger partial charge in [-0.1, -0.05) is 36.4 Å². The lowest BCUT2D eigenvalue weighted by Gasteiger charge is -2.07. The molecule has 8 nitrogen and oxygen atoms in total. The molecule has 4 rings (SSSR count). The highest BCUT2D eigenvalue weighted by Crippen LogP contribution is 2.28. The average molecular weight is 436 g/mol. The summed E-state index contributed by atoms with van der Waals surface area (Å²) in [4.78, 5) is 22.8. The van der Waals surface area contributed by atoms with Gasteiger partial charge in [0, 0.05) is 17.7 Å². The highest BCUT2D eigenvalue weighted by molar-refractivity contribution is 6.07. The van der Waals surface area contributed by atoms with E-state index in [1.165, 1.54) is 18.3 Å². The van der Waals surface area contributed by atoms with Crippen LogP contribution in [0.5, 0.6) is 11.5 Å². The normalized spacial score (nSPS) is 10.6. The second-order valence-corrected chi connectivity index (χ2v) is 6.95. The third kappa shape index (κ3) is 4.84. The molecule has 0 aliphatic heterocycles. The second-order valence-electron chi connectivity index (χ2n) is 6.95. The first kappa shape index (κ1) is 21.2. The van der Waals surface area contributed by atoms with Gasteiger partial charge in [-0.15, -0.1) is 0 Å². The molecule has 33 heavy (non-hydrogen) atoms. The fourth-order valence-electron chi connectivity index (χ4n) is 3.21. The number of nitrogens with one attached hydrogen (secondary N) is 1. The van der Waals surface area contributed by atoms with Crippen LogP contribution in [0.2, 0.25) is 0 Å². The van der Waals surface area contributed by atoms with E-state index < -0.39 is 4.92 Å². The Hall–Kier alpha value is -5.03. The summed E-state index contributed by atoms with van der Waals surface area (Å²) in [7, 11) is 0. The van der Waals surface area contributed by atoms with Crippen LogP contribution in [-0.2, 0) is 0 Å². The van der Waals surface area contributed by atoms with E-state index in [2.05, 4.69) is 10.5 Å². The number of carbonyl (C=O) groups excluding carboxylic acids is 1. The molecule has 0 aliphatic carbocycles. The van der Waals surface area contributed by atoms with Gasteiger partial charge in [0.1, 0.15) is 23.1 Å². The van der Waals surface area contributed by atoms with Crippen molar-refractivity contribution in [3.8, 4) is 17.6 Å². The predicted molar refractivity (Wildman–Crippen MR) is 123 cm³/mol. The summed E-state index contributed by atoms with van der Waals surface area (Å²) in [6, 6.07) is 25.6. The highest BCUT2D eigenvalue weighted by Gasteiger charge is 2.12. The Morgan fingerprint density at radius 2 is 1.79 bits per heavy atom. The fraction of sp³-hybridized carbons (Fsp3) is 0. The number of nitro groups is 1. The largest absolute Gasteiger partial charge is 0.456 e. The number of nitro benzene ring substituents is 1. The number of carbonyl (C=O) groups is 1. The maximum absolute atomic E-state index is 12.5. The van der Waals surface area contributed by atoms with Crippen LogP contribution >= 0.6 is 0 Å². The van der Waals surface area contributed by atoms with Crippen LogP contribution in [0.4, 0.5) is 5.69 Å². The van der Waals surface area contributed by atoms with Crippen molar-refractivity contribution < 1.29 is 14.5 Å². The molecule has 0 spiro atoms. The summed E-state index contributed by atoms with van der Waals surface area (Å²) < 4.78 is 5.67. The molecule has 8 heteroatoms. The van der Waals surface area contributed by atoms with Crippen molar-refractivity contribution in [2.45, 2.75) is 0 Å². The fourth-order valence-corrected chi connectivity index (χ4v) is 3.21. The zero-order chi connectivity index (χ0) is 23.2. The monoisotopic (exact) mass is 436 g/mol. The minimum Gasteiger partial charge on any atom is -0.456 e. The minimum absolute atomic E-state index is 0.0611. The molecular weight excluding hydrogens is 420 g/mol. The lowest BCUT2D eigenvalue weighted by atomic mass is 10.0. The standard InChI is InChI=1S/C25H16N4O4/c26-15-19-14-20(29(31)32)10-13-24(19)33-21-11-8-17(9-12-21)16-27-28-25(30)23-7-3-5-18-4-1-2-6-22(18)23/h1-14,16H,(H,28,30)/b27-16-. The lowest BCUT2D eigenvalue weighted by molar-refractivity contribution is -0.384. The molecule has 4 aromatic rings. The van der Waals surface area contributed by atoms with Crippen LogP contribution in [0.25, 0.3) is 10.8 Å². The summed E-state index contributed by atoms with van der Waals surface area (Å²) in [6.07, 6.45) is 1.50. The molecule has 1 amide bonds. The zero-order valence-corrected chi connectivity index (χ0v) is 17.1. The quantitative estimate of drug-likeness (QED) is 0.254. The Morgan fingerprint density at radius 3 is 2.55 bits per heavy atom. The van der Waals surface area contributed by atoms with Crippen molar-refractivity contribution in [1.82, 2.24) is 5.43 Å². The van der Waals surface area contributed by atoms with Gasteiger partial charge in [-0.05, 0) is 52.7 Å². The second kappa shape index (κ2) is 9.41. The number of non-ortho nitro benzene ring substituents is 1. The smallest absolute Gasteiger partial charge is 0.271 e. The van der Waals surface area contributed by atoms with Crippen LogP contribution in [-0.4, -0.2) is 17.0 Å². The van der Waals surface area contributed by atoms with Crippen LogP contribution < -0.4 is 10.2 Å². The number of hydrazone groups is 1. The van der Waals surface area contributed by atoms with Gasteiger partial charge in [-0.25, -0.2) is 5.43 Å². The third-order valence-electron chi connectivity index (χ3n) is 4.82. The molecule has 1 N–H and O–H groups in total. The molecule has 0 radical (unpaired) electrons. The number of benzene rings is 4. The first-order valence-corrected chi connectivity index (χ1v) is 9.83. The molecule has 0 saturated carbocycles. The van der Waals surface area contributed by atoms with Crippen molar-refractivity contribution in [2.24, 2.45) is 5.10 Å². The number of amides is 1. The molecule has 0 fully saturated rings. The number of fused-ring (bicyclic) bond motifs is 1. The van der Waals surface area contributed by atoms with Crippen molar-refractivity contribution in [3.05, 3.63) is 112 Å². The Kier molecular flexibility index (Phi) is 6.05. The SMILES string of the molecule is N#Cc1cc([N+](=O)[O-])ccc1Oc1ccc(/C=N\NC(=O)c2cccc3ccccc23)cc1. The van der Waals surface area contributed by atoms with E-state index in [0.717, 1.165) is 16.8 Å². The summed E-state index contributed by atoms with van der Waals surface area (Å²) in [5.41, 5.74) is 3.65. The topological polar surface area (TPSA) is 118 Å².